The second-order valence-corrected chi connectivity index (χ2v) is 5.85. The first-order valence-electron chi connectivity index (χ1n) is 7.34. The summed E-state index contributed by atoms with van der Waals surface area (Å²) in [5.41, 5.74) is 12.2. The van der Waals surface area contributed by atoms with Crippen LogP contribution in [0.5, 0.6) is 0 Å². The molecule has 1 aliphatic rings. The van der Waals surface area contributed by atoms with Gasteiger partial charge in [-0.1, -0.05) is 35.9 Å². The summed E-state index contributed by atoms with van der Waals surface area (Å²) in [7, 11) is 0. The van der Waals surface area contributed by atoms with E-state index in [1.165, 1.54) is 22.3 Å². The second kappa shape index (κ2) is 5.29. The van der Waals surface area contributed by atoms with Crippen LogP contribution >= 0.6 is 0 Å². The topological polar surface area (TPSA) is 38.0 Å². The lowest BCUT2D eigenvalue weighted by molar-refractivity contribution is 0.465. The van der Waals surface area contributed by atoms with Gasteiger partial charge < -0.3 is 11.1 Å². The highest BCUT2D eigenvalue weighted by molar-refractivity contribution is 5.47. The average Bonchev–Trinajstić information content (AvgIpc) is 2.81. The summed E-state index contributed by atoms with van der Waals surface area (Å²) < 4.78 is 0. The first kappa shape index (κ1) is 13.2. The fourth-order valence-corrected chi connectivity index (χ4v) is 3.15. The number of nitrogen functional groups attached to an aromatic ring is 1. The van der Waals surface area contributed by atoms with Crippen LogP contribution < -0.4 is 11.1 Å². The Morgan fingerprint density at radius 2 is 2.05 bits per heavy atom. The number of hydrogen-bond donors (Lipinski definition) is 2. The molecule has 0 saturated carbocycles. The van der Waals surface area contributed by atoms with E-state index < -0.39 is 0 Å². The molecule has 0 heterocycles. The number of hydrogen-bond acceptors (Lipinski definition) is 2. The number of rotatable bonds is 3. The molecular formula is C18H22N2. The van der Waals surface area contributed by atoms with E-state index >= 15 is 0 Å². The Bertz CT molecular complexity index is 619. The van der Waals surface area contributed by atoms with Crippen molar-refractivity contribution in [1.82, 2.24) is 5.32 Å². The molecule has 1 aliphatic carbocycles. The molecule has 0 aromatic heterocycles. The highest BCUT2D eigenvalue weighted by Crippen LogP contribution is 2.34. The van der Waals surface area contributed by atoms with Crippen molar-refractivity contribution in [3.8, 4) is 0 Å². The number of nitrogens with two attached hydrogens (primary N) is 1. The normalized spacial score (nSPS) is 18.8. The van der Waals surface area contributed by atoms with Crippen molar-refractivity contribution < 1.29 is 0 Å². The van der Waals surface area contributed by atoms with Gasteiger partial charge in [0.1, 0.15) is 0 Å². The van der Waals surface area contributed by atoms with Crippen molar-refractivity contribution in [1.29, 1.82) is 0 Å². The Morgan fingerprint density at radius 3 is 2.85 bits per heavy atom. The van der Waals surface area contributed by atoms with Crippen LogP contribution in [-0.2, 0) is 6.42 Å². The van der Waals surface area contributed by atoms with E-state index in [0.29, 0.717) is 12.1 Å². The Kier molecular flexibility index (Phi) is 3.49. The molecule has 0 aliphatic heterocycles. The van der Waals surface area contributed by atoms with Crippen LogP contribution in [0.25, 0.3) is 0 Å². The van der Waals surface area contributed by atoms with Gasteiger partial charge in [-0.15, -0.1) is 0 Å². The van der Waals surface area contributed by atoms with E-state index in [-0.39, 0.29) is 0 Å². The molecule has 0 fully saturated rings. The quantitative estimate of drug-likeness (QED) is 0.826. The lowest BCUT2D eigenvalue weighted by Crippen LogP contribution is -2.23. The van der Waals surface area contributed by atoms with E-state index in [4.69, 9.17) is 5.73 Å². The molecular weight excluding hydrogens is 244 g/mol. The molecule has 0 saturated heterocycles. The predicted molar refractivity (Wildman–Crippen MR) is 84.6 cm³/mol. The zero-order valence-electron chi connectivity index (χ0n) is 12.2. The van der Waals surface area contributed by atoms with Crippen molar-refractivity contribution in [2.45, 2.75) is 38.8 Å². The molecule has 0 amide bonds. The SMILES string of the molecule is Cc1cccc([C@H](C)NC2CCc3cc(N)ccc32)c1. The number of fused-ring (bicyclic) bond motifs is 1. The maximum Gasteiger partial charge on any atom is 0.0331 e. The summed E-state index contributed by atoms with van der Waals surface area (Å²) in [6.07, 6.45) is 2.29. The number of anilines is 1. The Labute approximate surface area is 121 Å². The fraction of sp³-hybridized carbons (Fsp3) is 0.333. The molecule has 2 aromatic carbocycles. The third kappa shape index (κ3) is 2.56. The molecule has 2 aromatic rings. The van der Waals surface area contributed by atoms with Crippen LogP contribution in [0.1, 0.15) is 47.7 Å². The third-order valence-corrected chi connectivity index (χ3v) is 4.24. The number of benzene rings is 2. The summed E-state index contributed by atoms with van der Waals surface area (Å²) in [4.78, 5) is 0. The molecule has 104 valence electrons. The van der Waals surface area contributed by atoms with Crippen molar-refractivity contribution in [2.75, 3.05) is 5.73 Å². The minimum Gasteiger partial charge on any atom is -0.399 e. The molecule has 0 bridgehead atoms. The van der Waals surface area contributed by atoms with E-state index in [9.17, 15) is 0 Å². The predicted octanol–water partition coefficient (Wildman–Crippen LogP) is 3.92. The first-order chi connectivity index (χ1) is 9.63. The van der Waals surface area contributed by atoms with Gasteiger partial charge in [-0.2, -0.15) is 0 Å². The molecule has 1 unspecified atom stereocenters. The number of aryl methyl sites for hydroxylation is 2. The van der Waals surface area contributed by atoms with Crippen molar-refractivity contribution in [3.05, 3.63) is 64.7 Å². The Hall–Kier alpha value is -1.80. The summed E-state index contributed by atoms with van der Waals surface area (Å²) in [5.74, 6) is 0. The average molecular weight is 266 g/mol. The summed E-state index contributed by atoms with van der Waals surface area (Å²) in [6, 6.07) is 15.9. The molecule has 2 nitrogen and oxygen atoms in total. The van der Waals surface area contributed by atoms with Gasteiger partial charge >= 0.3 is 0 Å². The van der Waals surface area contributed by atoms with Crippen molar-refractivity contribution in [3.63, 3.8) is 0 Å². The van der Waals surface area contributed by atoms with Crippen LogP contribution in [0.2, 0.25) is 0 Å². The molecule has 2 atom stereocenters. The lowest BCUT2D eigenvalue weighted by Gasteiger charge is -2.21. The minimum atomic E-state index is 0.364. The highest BCUT2D eigenvalue weighted by atomic mass is 14.9. The fourth-order valence-electron chi connectivity index (χ4n) is 3.15. The summed E-state index contributed by atoms with van der Waals surface area (Å²) in [6.45, 7) is 4.38. The largest absolute Gasteiger partial charge is 0.399 e. The van der Waals surface area contributed by atoms with Gasteiger partial charge in [0, 0.05) is 17.8 Å². The van der Waals surface area contributed by atoms with E-state index in [0.717, 1.165) is 18.5 Å². The van der Waals surface area contributed by atoms with E-state index in [1.54, 1.807) is 0 Å². The van der Waals surface area contributed by atoms with Gasteiger partial charge in [0.2, 0.25) is 0 Å². The minimum absolute atomic E-state index is 0.364. The molecule has 20 heavy (non-hydrogen) atoms. The van der Waals surface area contributed by atoms with Gasteiger partial charge in [-0.3, -0.25) is 0 Å². The molecule has 0 spiro atoms. The molecule has 3 rings (SSSR count). The second-order valence-electron chi connectivity index (χ2n) is 5.85. The zero-order chi connectivity index (χ0) is 14.1. The summed E-state index contributed by atoms with van der Waals surface area (Å²) >= 11 is 0. The first-order valence-corrected chi connectivity index (χ1v) is 7.34. The van der Waals surface area contributed by atoms with Crippen LogP contribution in [0.4, 0.5) is 5.69 Å². The zero-order valence-corrected chi connectivity index (χ0v) is 12.2. The van der Waals surface area contributed by atoms with E-state index in [2.05, 4.69) is 55.6 Å². The highest BCUT2D eigenvalue weighted by Gasteiger charge is 2.23. The van der Waals surface area contributed by atoms with Crippen LogP contribution in [0.15, 0.2) is 42.5 Å². The smallest absolute Gasteiger partial charge is 0.0331 e. The monoisotopic (exact) mass is 266 g/mol. The van der Waals surface area contributed by atoms with Crippen molar-refractivity contribution in [2.24, 2.45) is 0 Å². The third-order valence-electron chi connectivity index (χ3n) is 4.24. The van der Waals surface area contributed by atoms with Gasteiger partial charge in [0.05, 0.1) is 0 Å². The van der Waals surface area contributed by atoms with Gasteiger partial charge in [-0.05, 0) is 55.5 Å². The van der Waals surface area contributed by atoms with Gasteiger partial charge in [0.15, 0.2) is 0 Å². The molecule has 3 N–H and O–H groups in total. The van der Waals surface area contributed by atoms with Gasteiger partial charge in [-0.25, -0.2) is 0 Å². The Morgan fingerprint density at radius 1 is 1.20 bits per heavy atom. The molecule has 2 heteroatoms. The standard InChI is InChI=1S/C18H22N2/c1-12-4-3-5-14(10-12)13(2)20-18-9-6-15-11-16(19)7-8-17(15)18/h3-5,7-8,10-11,13,18,20H,6,9,19H2,1-2H3/t13-,18?/m0/s1. The number of nitrogens with one attached hydrogen (secondary N) is 1. The van der Waals surface area contributed by atoms with Crippen LogP contribution in [-0.4, -0.2) is 0 Å². The molecule has 0 radical (unpaired) electrons. The van der Waals surface area contributed by atoms with Crippen LogP contribution in [0, 0.1) is 6.92 Å². The maximum atomic E-state index is 5.86. The maximum absolute atomic E-state index is 5.86. The van der Waals surface area contributed by atoms with Crippen molar-refractivity contribution >= 4 is 5.69 Å². The van der Waals surface area contributed by atoms with E-state index in [1.807, 2.05) is 6.07 Å². The Balaban J connectivity index is 1.77. The lowest BCUT2D eigenvalue weighted by atomic mass is 10.0. The van der Waals surface area contributed by atoms with Gasteiger partial charge in [0.25, 0.3) is 0 Å². The van der Waals surface area contributed by atoms with Crippen LogP contribution in [0.3, 0.4) is 0 Å². The summed E-state index contributed by atoms with van der Waals surface area (Å²) in [5, 5.41) is 3.76.